The fourth-order valence-corrected chi connectivity index (χ4v) is 1.13. The third kappa shape index (κ3) is 2.19. The summed E-state index contributed by atoms with van der Waals surface area (Å²) in [6.07, 6.45) is -4.78. The molecule has 1 aromatic carbocycles. The molecule has 1 aromatic heterocycles. The molecule has 8 heteroatoms. The Morgan fingerprint density at radius 3 is 2.47 bits per heavy atom. The highest BCUT2D eigenvalue weighted by Crippen LogP contribution is 2.30. The van der Waals surface area contributed by atoms with E-state index in [2.05, 4.69) is 14.7 Å². The first kappa shape index (κ1) is 11.4. The van der Waals surface area contributed by atoms with Crippen LogP contribution in [-0.4, -0.2) is 15.2 Å². The van der Waals surface area contributed by atoms with Crippen LogP contribution in [0, 0.1) is 5.82 Å². The van der Waals surface area contributed by atoms with Crippen LogP contribution in [0.1, 0.15) is 5.89 Å². The van der Waals surface area contributed by atoms with Gasteiger partial charge >= 0.3 is 12.1 Å². The predicted octanol–water partition coefficient (Wildman–Crippen LogP) is 2.60. The van der Waals surface area contributed by atoms with E-state index < -0.39 is 23.7 Å². The predicted molar refractivity (Wildman–Crippen MR) is 46.4 cm³/mol. The van der Waals surface area contributed by atoms with E-state index in [4.69, 9.17) is 5.11 Å². The molecule has 1 heterocycles. The zero-order valence-corrected chi connectivity index (χ0v) is 7.99. The van der Waals surface area contributed by atoms with E-state index in [0.717, 1.165) is 18.2 Å². The van der Waals surface area contributed by atoms with Crippen molar-refractivity contribution < 1.29 is 27.2 Å². The van der Waals surface area contributed by atoms with Gasteiger partial charge in [-0.1, -0.05) is 5.16 Å². The molecule has 1 N–H and O–H groups in total. The third-order valence-electron chi connectivity index (χ3n) is 1.86. The monoisotopic (exact) mass is 248 g/mol. The van der Waals surface area contributed by atoms with Crippen LogP contribution >= 0.6 is 0 Å². The highest BCUT2D eigenvalue weighted by atomic mass is 19.4. The van der Waals surface area contributed by atoms with Gasteiger partial charge in [0.15, 0.2) is 0 Å². The van der Waals surface area contributed by atoms with Crippen molar-refractivity contribution in [3.8, 4) is 17.1 Å². The normalized spacial score (nSPS) is 11.8. The van der Waals surface area contributed by atoms with Crippen LogP contribution in [-0.2, 0) is 6.18 Å². The lowest BCUT2D eigenvalue weighted by Crippen LogP contribution is -2.04. The van der Waals surface area contributed by atoms with Gasteiger partial charge in [0.2, 0.25) is 5.82 Å². The van der Waals surface area contributed by atoms with E-state index in [1.807, 2.05) is 0 Å². The first-order chi connectivity index (χ1) is 7.88. The average molecular weight is 248 g/mol. The lowest BCUT2D eigenvalue weighted by atomic mass is 10.2. The zero-order valence-electron chi connectivity index (χ0n) is 7.99. The summed E-state index contributed by atoms with van der Waals surface area (Å²) in [7, 11) is 0. The smallest absolute Gasteiger partial charge is 0.471 e. The number of hydrogen-bond acceptors (Lipinski definition) is 4. The number of phenols is 1. The van der Waals surface area contributed by atoms with Gasteiger partial charge in [-0.15, -0.1) is 0 Å². The largest absolute Gasteiger partial charge is 0.508 e. The van der Waals surface area contributed by atoms with Crippen LogP contribution < -0.4 is 0 Å². The van der Waals surface area contributed by atoms with Crippen molar-refractivity contribution in [2.24, 2.45) is 0 Å². The third-order valence-corrected chi connectivity index (χ3v) is 1.86. The molecule has 0 fully saturated rings. The highest BCUT2D eigenvalue weighted by Gasteiger charge is 2.38. The number of aromatic nitrogens is 2. The standard InChI is InChI=1S/C9H4F4N2O2/c10-6-3-4(16)1-2-5(6)7-14-8(17-15-7)9(11,12)13/h1-3,16H. The molecule has 0 saturated carbocycles. The minimum absolute atomic E-state index is 0.290. The highest BCUT2D eigenvalue weighted by molar-refractivity contribution is 5.56. The fourth-order valence-electron chi connectivity index (χ4n) is 1.13. The van der Waals surface area contributed by atoms with Crippen molar-refractivity contribution in [3.63, 3.8) is 0 Å². The molecular weight excluding hydrogens is 244 g/mol. The van der Waals surface area contributed by atoms with Gasteiger partial charge in [-0.05, 0) is 12.1 Å². The minimum atomic E-state index is -4.78. The Hall–Kier alpha value is -2.12. The Morgan fingerprint density at radius 2 is 1.94 bits per heavy atom. The van der Waals surface area contributed by atoms with Gasteiger partial charge < -0.3 is 9.63 Å². The molecule has 0 saturated heterocycles. The first-order valence-electron chi connectivity index (χ1n) is 4.28. The summed E-state index contributed by atoms with van der Waals surface area (Å²) in [5.41, 5.74) is -0.290. The van der Waals surface area contributed by atoms with Crippen molar-refractivity contribution in [2.45, 2.75) is 6.18 Å². The molecule has 2 rings (SSSR count). The fraction of sp³-hybridized carbons (Fsp3) is 0.111. The second kappa shape index (κ2) is 3.72. The molecule has 0 aliphatic heterocycles. The van der Waals surface area contributed by atoms with E-state index in [0.29, 0.717) is 0 Å². The second-order valence-electron chi connectivity index (χ2n) is 3.09. The van der Waals surface area contributed by atoms with E-state index >= 15 is 0 Å². The van der Waals surface area contributed by atoms with Crippen LogP contribution in [0.2, 0.25) is 0 Å². The van der Waals surface area contributed by atoms with Crippen molar-refractivity contribution in [1.29, 1.82) is 0 Å². The molecule has 0 aliphatic rings. The quantitative estimate of drug-likeness (QED) is 0.788. The number of halogens is 4. The Kier molecular flexibility index (Phi) is 2.49. The molecule has 0 radical (unpaired) electrons. The Balaban J connectivity index is 2.44. The Labute approximate surface area is 91.5 Å². The second-order valence-corrected chi connectivity index (χ2v) is 3.09. The molecule has 0 atom stereocenters. The SMILES string of the molecule is Oc1ccc(-c2noc(C(F)(F)F)n2)c(F)c1. The maximum atomic E-state index is 13.3. The molecule has 2 aromatic rings. The first-order valence-corrected chi connectivity index (χ1v) is 4.28. The summed E-state index contributed by atoms with van der Waals surface area (Å²) in [6, 6.07) is 2.89. The lowest BCUT2D eigenvalue weighted by molar-refractivity contribution is -0.159. The van der Waals surface area contributed by atoms with Crippen molar-refractivity contribution in [1.82, 2.24) is 10.1 Å². The van der Waals surface area contributed by atoms with Crippen molar-refractivity contribution in [2.75, 3.05) is 0 Å². The average Bonchev–Trinajstić information content (AvgIpc) is 2.65. The molecule has 0 amide bonds. The van der Waals surface area contributed by atoms with Crippen LogP contribution in [0.25, 0.3) is 11.4 Å². The summed E-state index contributed by atoms with van der Waals surface area (Å²) in [5.74, 6) is -3.39. The Bertz CT molecular complexity index is 550. The van der Waals surface area contributed by atoms with Crippen molar-refractivity contribution >= 4 is 0 Å². The van der Waals surface area contributed by atoms with E-state index in [1.54, 1.807) is 0 Å². The number of hydrogen-bond donors (Lipinski definition) is 1. The molecule has 4 nitrogen and oxygen atoms in total. The topological polar surface area (TPSA) is 59.2 Å². The van der Waals surface area contributed by atoms with Crippen LogP contribution in [0.3, 0.4) is 0 Å². The number of alkyl halides is 3. The molecule has 0 spiro atoms. The molecule has 0 unspecified atom stereocenters. The van der Waals surface area contributed by atoms with Gasteiger partial charge in [0.25, 0.3) is 0 Å². The molecular formula is C9H4F4N2O2. The molecule has 0 bridgehead atoms. The lowest BCUT2D eigenvalue weighted by Gasteiger charge is -1.98. The number of benzene rings is 1. The molecule has 0 aliphatic carbocycles. The summed E-state index contributed by atoms with van der Waals surface area (Å²) in [6.45, 7) is 0. The van der Waals surface area contributed by atoms with Crippen LogP contribution in [0.5, 0.6) is 5.75 Å². The van der Waals surface area contributed by atoms with Gasteiger partial charge in [-0.3, -0.25) is 0 Å². The zero-order chi connectivity index (χ0) is 12.6. The maximum absolute atomic E-state index is 13.3. The number of aromatic hydroxyl groups is 1. The molecule has 90 valence electrons. The van der Waals surface area contributed by atoms with Gasteiger partial charge in [-0.2, -0.15) is 18.2 Å². The molecule has 17 heavy (non-hydrogen) atoms. The van der Waals surface area contributed by atoms with Gasteiger partial charge in [0.1, 0.15) is 11.6 Å². The van der Waals surface area contributed by atoms with E-state index in [1.165, 1.54) is 0 Å². The number of nitrogens with zero attached hydrogens (tertiary/aromatic N) is 2. The van der Waals surface area contributed by atoms with E-state index in [-0.39, 0.29) is 11.3 Å². The van der Waals surface area contributed by atoms with Crippen LogP contribution in [0.4, 0.5) is 17.6 Å². The van der Waals surface area contributed by atoms with Gasteiger partial charge in [0, 0.05) is 6.07 Å². The van der Waals surface area contributed by atoms with Crippen molar-refractivity contribution in [3.05, 3.63) is 29.9 Å². The summed E-state index contributed by atoms with van der Waals surface area (Å²) >= 11 is 0. The minimum Gasteiger partial charge on any atom is -0.508 e. The van der Waals surface area contributed by atoms with E-state index in [9.17, 15) is 17.6 Å². The van der Waals surface area contributed by atoms with Crippen LogP contribution in [0.15, 0.2) is 22.7 Å². The summed E-state index contributed by atoms with van der Waals surface area (Å²) in [4.78, 5) is 3.02. The summed E-state index contributed by atoms with van der Waals surface area (Å²) < 4.78 is 53.7. The summed E-state index contributed by atoms with van der Waals surface area (Å²) in [5, 5.41) is 12.0. The number of phenolic OH excluding ortho intramolecular Hbond substituents is 1. The maximum Gasteiger partial charge on any atom is 0.471 e. The van der Waals surface area contributed by atoms with Gasteiger partial charge in [0.05, 0.1) is 5.56 Å². The van der Waals surface area contributed by atoms with Gasteiger partial charge in [-0.25, -0.2) is 4.39 Å². The number of rotatable bonds is 1. The Morgan fingerprint density at radius 1 is 1.24 bits per heavy atom.